The molecule has 2 N–H and O–H groups in total. The third-order valence-corrected chi connectivity index (χ3v) is 4.22. The lowest BCUT2D eigenvalue weighted by Gasteiger charge is -2.15. The number of aryl methyl sites for hydroxylation is 1. The molecule has 5 nitrogen and oxygen atoms in total. The molecular formula is C23H22N2O3. The Balaban J connectivity index is 1.50. The number of amides is 2. The molecule has 3 aromatic carbocycles. The van der Waals surface area contributed by atoms with Gasteiger partial charge in [0.25, 0.3) is 11.8 Å². The van der Waals surface area contributed by atoms with Crippen LogP contribution in [0.1, 0.15) is 18.1 Å². The summed E-state index contributed by atoms with van der Waals surface area (Å²) in [5.41, 5.74) is 6.78. The molecule has 0 spiro atoms. The highest BCUT2D eigenvalue weighted by molar-refractivity contribution is 5.93. The zero-order chi connectivity index (χ0) is 19.9. The summed E-state index contributed by atoms with van der Waals surface area (Å²) in [5, 5.41) is 2.13. The monoisotopic (exact) mass is 374 g/mol. The third-order valence-electron chi connectivity index (χ3n) is 4.22. The SMILES string of the molecule is Cc1ccc(/C=C/C(=O)NNC(=O)[C@@H](C)Oc2ccc3ccccc3c2)cc1. The van der Waals surface area contributed by atoms with Crippen molar-refractivity contribution in [2.45, 2.75) is 20.0 Å². The van der Waals surface area contributed by atoms with Crippen LogP contribution in [-0.4, -0.2) is 17.9 Å². The predicted molar refractivity (Wildman–Crippen MR) is 111 cm³/mol. The molecule has 2 amide bonds. The second kappa shape index (κ2) is 8.86. The van der Waals surface area contributed by atoms with Crippen LogP contribution >= 0.6 is 0 Å². The van der Waals surface area contributed by atoms with E-state index in [0.29, 0.717) is 5.75 Å². The first-order valence-electron chi connectivity index (χ1n) is 9.01. The molecule has 28 heavy (non-hydrogen) atoms. The Morgan fingerprint density at radius 1 is 0.929 bits per heavy atom. The predicted octanol–water partition coefficient (Wildman–Crippen LogP) is 3.78. The van der Waals surface area contributed by atoms with E-state index in [-0.39, 0.29) is 0 Å². The molecule has 0 heterocycles. The normalized spacial score (nSPS) is 11.9. The lowest BCUT2D eigenvalue weighted by molar-refractivity contribution is -0.131. The Labute approximate surface area is 164 Å². The molecule has 0 aromatic heterocycles. The Kier molecular flexibility index (Phi) is 6.07. The van der Waals surface area contributed by atoms with E-state index in [9.17, 15) is 9.59 Å². The molecule has 0 unspecified atom stereocenters. The van der Waals surface area contributed by atoms with Gasteiger partial charge in [0.05, 0.1) is 0 Å². The second-order valence-corrected chi connectivity index (χ2v) is 6.49. The van der Waals surface area contributed by atoms with Crippen molar-refractivity contribution in [3.63, 3.8) is 0 Å². The molecule has 0 radical (unpaired) electrons. The number of ether oxygens (including phenoxy) is 1. The average Bonchev–Trinajstić information content (AvgIpc) is 2.71. The summed E-state index contributed by atoms with van der Waals surface area (Å²) in [6.07, 6.45) is 2.28. The second-order valence-electron chi connectivity index (χ2n) is 6.49. The van der Waals surface area contributed by atoms with E-state index in [1.54, 1.807) is 13.0 Å². The van der Waals surface area contributed by atoms with E-state index in [2.05, 4.69) is 10.9 Å². The quantitative estimate of drug-likeness (QED) is 0.528. The van der Waals surface area contributed by atoms with Gasteiger partial charge in [-0.15, -0.1) is 0 Å². The highest BCUT2D eigenvalue weighted by atomic mass is 16.5. The average molecular weight is 374 g/mol. The molecule has 1 atom stereocenters. The van der Waals surface area contributed by atoms with Crippen LogP contribution in [0.4, 0.5) is 0 Å². The van der Waals surface area contributed by atoms with E-state index in [4.69, 9.17) is 4.74 Å². The van der Waals surface area contributed by atoms with E-state index >= 15 is 0 Å². The van der Waals surface area contributed by atoms with Crippen molar-refractivity contribution in [2.75, 3.05) is 0 Å². The Morgan fingerprint density at radius 3 is 2.39 bits per heavy atom. The van der Waals surface area contributed by atoms with Crippen LogP contribution in [0.5, 0.6) is 5.75 Å². The molecule has 3 rings (SSSR count). The van der Waals surface area contributed by atoms with Crippen molar-refractivity contribution in [3.05, 3.63) is 83.9 Å². The smallest absolute Gasteiger partial charge is 0.279 e. The number of benzene rings is 3. The first kappa shape index (κ1) is 19.2. The first-order chi connectivity index (χ1) is 13.5. The summed E-state index contributed by atoms with van der Waals surface area (Å²) in [7, 11) is 0. The number of nitrogens with one attached hydrogen (secondary N) is 2. The van der Waals surface area contributed by atoms with E-state index in [1.807, 2.05) is 73.7 Å². The summed E-state index contributed by atoms with van der Waals surface area (Å²) in [4.78, 5) is 24.0. The molecule has 142 valence electrons. The fourth-order valence-electron chi connectivity index (χ4n) is 2.61. The molecule has 0 aliphatic carbocycles. The Morgan fingerprint density at radius 2 is 1.64 bits per heavy atom. The van der Waals surface area contributed by atoms with Gasteiger partial charge in [0, 0.05) is 6.08 Å². The zero-order valence-electron chi connectivity index (χ0n) is 15.8. The number of hydrogen-bond donors (Lipinski definition) is 2. The largest absolute Gasteiger partial charge is 0.481 e. The van der Waals surface area contributed by atoms with Gasteiger partial charge in [-0.1, -0.05) is 60.2 Å². The lowest BCUT2D eigenvalue weighted by Crippen LogP contribution is -2.46. The maximum atomic E-state index is 12.2. The summed E-state index contributed by atoms with van der Waals surface area (Å²) in [6, 6.07) is 21.3. The molecule has 5 heteroatoms. The number of hydrogen-bond acceptors (Lipinski definition) is 3. The summed E-state index contributed by atoms with van der Waals surface area (Å²) < 4.78 is 5.68. The van der Waals surface area contributed by atoms with Gasteiger partial charge in [-0.05, 0) is 48.4 Å². The molecular weight excluding hydrogens is 352 g/mol. The van der Waals surface area contributed by atoms with Crippen molar-refractivity contribution < 1.29 is 14.3 Å². The van der Waals surface area contributed by atoms with Crippen molar-refractivity contribution in [1.29, 1.82) is 0 Å². The van der Waals surface area contributed by atoms with Gasteiger partial charge in [-0.25, -0.2) is 0 Å². The van der Waals surface area contributed by atoms with E-state index in [0.717, 1.165) is 21.9 Å². The van der Waals surface area contributed by atoms with Crippen LogP contribution in [0, 0.1) is 6.92 Å². The van der Waals surface area contributed by atoms with Crippen LogP contribution in [-0.2, 0) is 9.59 Å². The van der Waals surface area contributed by atoms with Gasteiger partial charge in [-0.2, -0.15) is 0 Å². The lowest BCUT2D eigenvalue weighted by atomic mass is 10.1. The summed E-state index contributed by atoms with van der Waals surface area (Å²) >= 11 is 0. The van der Waals surface area contributed by atoms with Crippen LogP contribution in [0.15, 0.2) is 72.8 Å². The maximum Gasteiger partial charge on any atom is 0.279 e. The van der Waals surface area contributed by atoms with Gasteiger partial charge in [0.15, 0.2) is 6.10 Å². The minimum atomic E-state index is -0.762. The van der Waals surface area contributed by atoms with E-state index in [1.165, 1.54) is 6.08 Å². The van der Waals surface area contributed by atoms with Crippen LogP contribution < -0.4 is 15.6 Å². The molecule has 0 bridgehead atoms. The number of carbonyl (C=O) groups excluding carboxylic acids is 2. The molecule has 0 aliphatic heterocycles. The minimum absolute atomic E-state index is 0.424. The number of rotatable bonds is 5. The molecule has 0 aliphatic rings. The van der Waals surface area contributed by atoms with Gasteiger partial charge in [-0.3, -0.25) is 20.4 Å². The molecule has 0 saturated heterocycles. The molecule has 0 fully saturated rings. The van der Waals surface area contributed by atoms with Gasteiger partial charge in [0.1, 0.15) is 5.75 Å². The van der Waals surface area contributed by atoms with Gasteiger partial charge >= 0.3 is 0 Å². The minimum Gasteiger partial charge on any atom is -0.481 e. The van der Waals surface area contributed by atoms with Crippen LogP contribution in [0.3, 0.4) is 0 Å². The van der Waals surface area contributed by atoms with Crippen molar-refractivity contribution >= 4 is 28.7 Å². The van der Waals surface area contributed by atoms with Crippen LogP contribution in [0.25, 0.3) is 16.8 Å². The summed E-state index contributed by atoms with van der Waals surface area (Å²) in [6.45, 7) is 3.62. The number of fused-ring (bicyclic) bond motifs is 1. The fourth-order valence-corrected chi connectivity index (χ4v) is 2.61. The Hall–Kier alpha value is -3.60. The van der Waals surface area contributed by atoms with E-state index < -0.39 is 17.9 Å². The van der Waals surface area contributed by atoms with Gasteiger partial charge in [0.2, 0.25) is 0 Å². The third kappa shape index (κ3) is 5.20. The van der Waals surface area contributed by atoms with Crippen molar-refractivity contribution in [3.8, 4) is 5.75 Å². The highest BCUT2D eigenvalue weighted by Crippen LogP contribution is 2.21. The molecule has 3 aromatic rings. The Bertz CT molecular complexity index is 1010. The maximum absolute atomic E-state index is 12.2. The first-order valence-corrected chi connectivity index (χ1v) is 9.01. The zero-order valence-corrected chi connectivity index (χ0v) is 15.8. The number of carbonyl (C=O) groups is 2. The standard InChI is InChI=1S/C23H22N2O3/c1-16-7-9-18(10-8-16)11-14-22(26)24-25-23(27)17(2)28-21-13-12-19-5-3-4-6-20(19)15-21/h3-15,17H,1-2H3,(H,24,26)(H,25,27)/b14-11+/t17-/m1/s1. The summed E-state index contributed by atoms with van der Waals surface area (Å²) in [5.74, 6) is -0.274. The number of hydrazine groups is 1. The fraction of sp³-hybridized carbons (Fsp3) is 0.130. The van der Waals surface area contributed by atoms with Crippen molar-refractivity contribution in [2.24, 2.45) is 0 Å². The van der Waals surface area contributed by atoms with Crippen LogP contribution in [0.2, 0.25) is 0 Å². The highest BCUT2D eigenvalue weighted by Gasteiger charge is 2.15. The van der Waals surface area contributed by atoms with Gasteiger partial charge < -0.3 is 4.74 Å². The molecule has 0 saturated carbocycles. The topological polar surface area (TPSA) is 67.4 Å². The van der Waals surface area contributed by atoms with Crippen molar-refractivity contribution in [1.82, 2.24) is 10.9 Å².